The van der Waals surface area contributed by atoms with E-state index in [2.05, 4.69) is 0 Å². The lowest BCUT2D eigenvalue weighted by Gasteiger charge is -2.40. The molecule has 0 aliphatic carbocycles. The molecule has 0 bridgehead atoms. The molecule has 2 atom stereocenters. The molecule has 1 heterocycles. The van der Waals surface area contributed by atoms with E-state index < -0.39 is 26.8 Å². The fourth-order valence-corrected chi connectivity index (χ4v) is 6.93. The molecule has 0 aromatic carbocycles. The monoisotopic (exact) mass is 372 g/mol. The van der Waals surface area contributed by atoms with Crippen LogP contribution in [0.3, 0.4) is 0 Å². The highest BCUT2D eigenvalue weighted by Gasteiger charge is 2.52. The standard InChI is InChI=1S/C13H28NO7P2/c1-5-18-22(16,19-6-2)12-10-9-11-13(14(12)15)23(17,20-7-3)21-8-4/h12-13H,5-11H2,1-4H3/t12-,13+. The van der Waals surface area contributed by atoms with Crippen molar-refractivity contribution in [2.24, 2.45) is 0 Å². The van der Waals surface area contributed by atoms with Crippen molar-refractivity contribution in [1.29, 1.82) is 0 Å². The largest absolute Gasteiger partial charge is 0.350 e. The van der Waals surface area contributed by atoms with Gasteiger partial charge in [0.2, 0.25) is 0 Å². The zero-order valence-electron chi connectivity index (χ0n) is 14.3. The smallest absolute Gasteiger partial charge is 0.308 e. The highest BCUT2D eigenvalue weighted by atomic mass is 31.2. The average molecular weight is 372 g/mol. The Hall–Kier alpha value is 0.220. The summed E-state index contributed by atoms with van der Waals surface area (Å²) in [5, 5.41) is 13.3. The number of hydrogen-bond donors (Lipinski definition) is 0. The number of hydrogen-bond acceptors (Lipinski definition) is 7. The topological polar surface area (TPSA) is 94.2 Å². The first-order valence-corrected chi connectivity index (χ1v) is 11.3. The van der Waals surface area contributed by atoms with Gasteiger partial charge in [-0.05, 0) is 47.0 Å². The summed E-state index contributed by atoms with van der Waals surface area (Å²) in [6.45, 7) is 7.42. The van der Waals surface area contributed by atoms with Crippen LogP contribution in [-0.4, -0.2) is 43.1 Å². The molecule has 0 N–H and O–H groups in total. The number of nitrogens with zero attached hydrogens (tertiary/aromatic N) is 1. The second-order valence-electron chi connectivity index (χ2n) is 5.00. The molecule has 0 aromatic heterocycles. The predicted octanol–water partition coefficient (Wildman–Crippen LogP) is 4.00. The lowest BCUT2D eigenvalue weighted by atomic mass is 10.2. The second kappa shape index (κ2) is 9.64. The Morgan fingerprint density at radius 1 is 0.783 bits per heavy atom. The quantitative estimate of drug-likeness (QED) is 0.535. The third-order valence-corrected chi connectivity index (χ3v) is 8.38. The molecule has 1 radical (unpaired) electrons. The van der Waals surface area contributed by atoms with Gasteiger partial charge in [-0.1, -0.05) is 0 Å². The summed E-state index contributed by atoms with van der Waals surface area (Å²) in [5.41, 5.74) is 0. The third kappa shape index (κ3) is 5.10. The molecule has 1 saturated heterocycles. The lowest BCUT2D eigenvalue weighted by molar-refractivity contribution is -0.200. The van der Waals surface area contributed by atoms with Gasteiger partial charge in [0.15, 0.2) is 0 Å². The molecule has 8 nitrogen and oxygen atoms in total. The fraction of sp³-hybridized carbons (Fsp3) is 1.00. The van der Waals surface area contributed by atoms with E-state index in [9.17, 15) is 14.3 Å². The zero-order valence-corrected chi connectivity index (χ0v) is 16.1. The van der Waals surface area contributed by atoms with Gasteiger partial charge in [0, 0.05) is 0 Å². The maximum absolute atomic E-state index is 12.9. The Morgan fingerprint density at radius 2 is 1.09 bits per heavy atom. The molecule has 10 heteroatoms. The number of rotatable bonds is 10. The molecule has 0 spiro atoms. The molecule has 0 amide bonds. The normalized spacial score (nSPS) is 24.0. The van der Waals surface area contributed by atoms with Crippen LogP contribution in [0.4, 0.5) is 0 Å². The van der Waals surface area contributed by atoms with Gasteiger partial charge in [0.25, 0.3) is 0 Å². The fourth-order valence-electron chi connectivity index (χ4n) is 2.67. The summed E-state index contributed by atoms with van der Waals surface area (Å²) in [6, 6.07) is 0. The third-order valence-electron chi connectivity index (χ3n) is 3.48. The van der Waals surface area contributed by atoms with Crippen LogP contribution in [0.2, 0.25) is 0 Å². The van der Waals surface area contributed by atoms with Crippen LogP contribution in [-0.2, 0) is 32.4 Å². The summed E-state index contributed by atoms with van der Waals surface area (Å²) >= 11 is 0. The van der Waals surface area contributed by atoms with E-state index in [1.165, 1.54) is 0 Å². The lowest BCUT2D eigenvalue weighted by Crippen LogP contribution is -2.44. The van der Waals surface area contributed by atoms with E-state index in [-0.39, 0.29) is 26.4 Å². The van der Waals surface area contributed by atoms with Crippen LogP contribution in [0.25, 0.3) is 0 Å². The van der Waals surface area contributed by atoms with E-state index in [0.717, 1.165) is 0 Å². The molecule has 0 unspecified atom stereocenters. The van der Waals surface area contributed by atoms with Crippen molar-refractivity contribution < 1.29 is 32.4 Å². The van der Waals surface area contributed by atoms with Gasteiger partial charge in [-0.2, -0.15) is 0 Å². The summed E-state index contributed by atoms with van der Waals surface area (Å²) in [5.74, 6) is -1.98. The van der Waals surface area contributed by atoms with Gasteiger partial charge in [-0.3, -0.25) is 9.13 Å². The van der Waals surface area contributed by atoms with Crippen LogP contribution in [0, 0.1) is 0 Å². The number of hydroxylamine groups is 2. The molecular formula is C13H28NO7P2. The Kier molecular flexibility index (Phi) is 8.91. The van der Waals surface area contributed by atoms with Gasteiger partial charge in [0.1, 0.15) is 11.6 Å². The van der Waals surface area contributed by atoms with Gasteiger partial charge in [-0.25, -0.2) is 0 Å². The zero-order chi connectivity index (χ0) is 17.5. The Bertz CT molecular complexity index is 390. The molecular weight excluding hydrogens is 344 g/mol. The first-order chi connectivity index (χ1) is 10.9. The SMILES string of the molecule is CCOP(=O)(OCC)[C@@H]1CCC[C@H](P(=O)(OCC)OCC)N1[O]. The highest BCUT2D eigenvalue weighted by molar-refractivity contribution is 7.55. The average Bonchev–Trinajstić information content (AvgIpc) is 2.48. The van der Waals surface area contributed by atoms with Gasteiger partial charge in [-0.15, -0.1) is 10.3 Å². The molecule has 1 aliphatic heterocycles. The summed E-state index contributed by atoms with van der Waals surface area (Å²) in [7, 11) is -7.23. The maximum Gasteiger partial charge on any atom is 0.350 e. The minimum Gasteiger partial charge on any atom is -0.308 e. The molecule has 1 fully saturated rings. The van der Waals surface area contributed by atoms with E-state index in [1.807, 2.05) is 0 Å². The van der Waals surface area contributed by atoms with Crippen molar-refractivity contribution in [2.45, 2.75) is 58.5 Å². The molecule has 23 heavy (non-hydrogen) atoms. The van der Waals surface area contributed by atoms with E-state index in [0.29, 0.717) is 24.3 Å². The molecule has 1 aliphatic rings. The van der Waals surface area contributed by atoms with Crippen LogP contribution >= 0.6 is 15.2 Å². The molecule has 0 aromatic rings. The summed E-state index contributed by atoms with van der Waals surface area (Å²) in [4.78, 5) is 0. The number of piperidine rings is 1. The van der Waals surface area contributed by atoms with E-state index >= 15 is 0 Å². The Labute approximate surface area is 138 Å². The van der Waals surface area contributed by atoms with Crippen LogP contribution in [0.5, 0.6) is 0 Å². The van der Waals surface area contributed by atoms with Gasteiger partial charge in [0.05, 0.1) is 26.4 Å². The summed E-state index contributed by atoms with van der Waals surface area (Å²) < 4.78 is 46.9. The summed E-state index contributed by atoms with van der Waals surface area (Å²) in [6.07, 6.45) is 1.29. The van der Waals surface area contributed by atoms with Crippen molar-refractivity contribution in [3.8, 4) is 0 Å². The second-order valence-corrected chi connectivity index (χ2v) is 9.39. The van der Waals surface area contributed by atoms with E-state index in [1.54, 1.807) is 27.7 Å². The minimum absolute atomic E-state index is 0.168. The minimum atomic E-state index is -3.61. The van der Waals surface area contributed by atoms with Crippen molar-refractivity contribution in [1.82, 2.24) is 5.06 Å². The molecule has 1 rings (SSSR count). The van der Waals surface area contributed by atoms with Crippen molar-refractivity contribution >= 4 is 15.2 Å². The predicted molar refractivity (Wildman–Crippen MR) is 85.7 cm³/mol. The van der Waals surface area contributed by atoms with Crippen molar-refractivity contribution in [3.63, 3.8) is 0 Å². The molecule has 0 saturated carbocycles. The highest BCUT2D eigenvalue weighted by Crippen LogP contribution is 2.63. The van der Waals surface area contributed by atoms with Crippen LogP contribution in [0.1, 0.15) is 47.0 Å². The Morgan fingerprint density at radius 3 is 1.35 bits per heavy atom. The van der Waals surface area contributed by atoms with Crippen LogP contribution in [0.15, 0.2) is 0 Å². The maximum atomic E-state index is 12.9. The van der Waals surface area contributed by atoms with Crippen molar-refractivity contribution in [2.75, 3.05) is 26.4 Å². The first-order valence-electron chi connectivity index (χ1n) is 8.11. The van der Waals surface area contributed by atoms with Gasteiger partial charge < -0.3 is 18.1 Å². The first kappa shape index (κ1) is 21.3. The van der Waals surface area contributed by atoms with E-state index in [4.69, 9.17) is 18.1 Å². The Balaban J connectivity index is 3.06. The van der Waals surface area contributed by atoms with Crippen molar-refractivity contribution in [3.05, 3.63) is 0 Å². The molecule has 137 valence electrons. The van der Waals surface area contributed by atoms with Gasteiger partial charge >= 0.3 is 15.2 Å². The van der Waals surface area contributed by atoms with Crippen LogP contribution < -0.4 is 0 Å².